The number of aryl methyl sites for hydroxylation is 2. The molecule has 0 atom stereocenters. The summed E-state index contributed by atoms with van der Waals surface area (Å²) in [4.78, 5) is 2.17. The third kappa shape index (κ3) is 5.20. The van der Waals surface area contributed by atoms with Crippen LogP contribution in [0.25, 0.3) is 0 Å². The third-order valence-electron chi connectivity index (χ3n) is 2.77. The SMILES string of the molecule is Cc1ccc(C)c(OCCN(C)CCCO)c1. The number of aliphatic hydroxyl groups is 1. The summed E-state index contributed by atoms with van der Waals surface area (Å²) < 4.78 is 5.76. The Hall–Kier alpha value is -1.06. The standard InChI is InChI=1S/C14H23NO2/c1-12-5-6-13(2)14(11-12)17-10-8-15(3)7-4-9-16/h5-6,11,16H,4,7-10H2,1-3H3. The van der Waals surface area contributed by atoms with Gasteiger partial charge in [0.05, 0.1) is 0 Å². The summed E-state index contributed by atoms with van der Waals surface area (Å²) in [6, 6.07) is 6.25. The van der Waals surface area contributed by atoms with Crippen molar-refractivity contribution in [2.75, 3.05) is 33.4 Å². The first-order chi connectivity index (χ1) is 8.13. The number of aliphatic hydroxyl groups excluding tert-OH is 1. The van der Waals surface area contributed by atoms with Crippen LogP contribution in [0.3, 0.4) is 0 Å². The minimum Gasteiger partial charge on any atom is -0.492 e. The van der Waals surface area contributed by atoms with Crippen LogP contribution in [0.1, 0.15) is 17.5 Å². The van der Waals surface area contributed by atoms with Gasteiger partial charge in [-0.3, -0.25) is 0 Å². The van der Waals surface area contributed by atoms with Crippen LogP contribution in [0.4, 0.5) is 0 Å². The van der Waals surface area contributed by atoms with Gasteiger partial charge in [-0.2, -0.15) is 0 Å². The lowest BCUT2D eigenvalue weighted by Crippen LogP contribution is -2.26. The molecule has 0 aliphatic rings. The van der Waals surface area contributed by atoms with Crippen molar-refractivity contribution in [2.24, 2.45) is 0 Å². The number of rotatable bonds is 7. The highest BCUT2D eigenvalue weighted by atomic mass is 16.5. The van der Waals surface area contributed by atoms with E-state index >= 15 is 0 Å². The maximum absolute atomic E-state index is 8.73. The van der Waals surface area contributed by atoms with E-state index in [4.69, 9.17) is 9.84 Å². The van der Waals surface area contributed by atoms with E-state index < -0.39 is 0 Å². The van der Waals surface area contributed by atoms with Crippen molar-refractivity contribution < 1.29 is 9.84 Å². The van der Waals surface area contributed by atoms with E-state index in [1.165, 1.54) is 11.1 Å². The highest BCUT2D eigenvalue weighted by molar-refractivity contribution is 5.35. The fraction of sp³-hybridized carbons (Fsp3) is 0.571. The summed E-state index contributed by atoms with van der Waals surface area (Å²) in [6.07, 6.45) is 0.819. The van der Waals surface area contributed by atoms with Gasteiger partial charge in [0.15, 0.2) is 0 Å². The first kappa shape index (κ1) is 14.0. The molecule has 0 radical (unpaired) electrons. The van der Waals surface area contributed by atoms with Crippen LogP contribution >= 0.6 is 0 Å². The second kappa shape index (κ2) is 7.30. The Morgan fingerprint density at radius 1 is 1.24 bits per heavy atom. The van der Waals surface area contributed by atoms with E-state index in [1.807, 2.05) is 7.05 Å². The van der Waals surface area contributed by atoms with Crippen molar-refractivity contribution in [2.45, 2.75) is 20.3 Å². The second-order valence-electron chi connectivity index (χ2n) is 4.50. The number of ether oxygens (including phenoxy) is 1. The highest BCUT2D eigenvalue weighted by Crippen LogP contribution is 2.18. The summed E-state index contributed by atoms with van der Waals surface area (Å²) >= 11 is 0. The van der Waals surface area contributed by atoms with E-state index in [2.05, 4.69) is 36.9 Å². The van der Waals surface area contributed by atoms with E-state index in [1.54, 1.807) is 0 Å². The number of hydrogen-bond acceptors (Lipinski definition) is 3. The molecule has 0 fully saturated rings. The molecule has 1 aromatic rings. The molecule has 0 bridgehead atoms. The lowest BCUT2D eigenvalue weighted by molar-refractivity contribution is 0.213. The van der Waals surface area contributed by atoms with E-state index in [0.29, 0.717) is 6.61 Å². The lowest BCUT2D eigenvalue weighted by Gasteiger charge is -2.17. The average Bonchev–Trinajstić information content (AvgIpc) is 2.31. The highest BCUT2D eigenvalue weighted by Gasteiger charge is 2.01. The molecule has 1 aromatic carbocycles. The monoisotopic (exact) mass is 237 g/mol. The van der Waals surface area contributed by atoms with E-state index in [0.717, 1.165) is 25.3 Å². The fourth-order valence-electron chi connectivity index (χ4n) is 1.63. The average molecular weight is 237 g/mol. The Kier molecular flexibility index (Phi) is 6.01. The molecule has 1 rings (SSSR count). The molecule has 96 valence electrons. The number of hydrogen-bond donors (Lipinski definition) is 1. The molecule has 0 aliphatic carbocycles. The molecule has 0 unspecified atom stereocenters. The summed E-state index contributed by atoms with van der Waals surface area (Å²) in [7, 11) is 2.04. The van der Waals surface area contributed by atoms with Gasteiger partial charge >= 0.3 is 0 Å². The molecular formula is C14H23NO2. The predicted octanol–water partition coefficient (Wildman–Crippen LogP) is 2.00. The maximum atomic E-state index is 8.73. The summed E-state index contributed by atoms with van der Waals surface area (Å²) in [6.45, 7) is 6.86. The molecule has 3 nitrogen and oxygen atoms in total. The van der Waals surface area contributed by atoms with Gasteiger partial charge in [-0.15, -0.1) is 0 Å². The fourth-order valence-corrected chi connectivity index (χ4v) is 1.63. The number of benzene rings is 1. The molecule has 1 N–H and O–H groups in total. The van der Waals surface area contributed by atoms with Crippen molar-refractivity contribution in [3.05, 3.63) is 29.3 Å². The maximum Gasteiger partial charge on any atom is 0.122 e. The van der Waals surface area contributed by atoms with Gasteiger partial charge in [-0.1, -0.05) is 12.1 Å². The number of nitrogens with zero attached hydrogens (tertiary/aromatic N) is 1. The second-order valence-corrected chi connectivity index (χ2v) is 4.50. The van der Waals surface area contributed by atoms with Crippen molar-refractivity contribution in [1.29, 1.82) is 0 Å². The van der Waals surface area contributed by atoms with Crippen LogP contribution in [0, 0.1) is 13.8 Å². The van der Waals surface area contributed by atoms with E-state index in [-0.39, 0.29) is 6.61 Å². The normalized spacial score (nSPS) is 10.9. The van der Waals surface area contributed by atoms with Crippen molar-refractivity contribution in [3.63, 3.8) is 0 Å². The third-order valence-corrected chi connectivity index (χ3v) is 2.77. The molecule has 0 saturated carbocycles. The molecule has 0 amide bonds. The van der Waals surface area contributed by atoms with Gasteiger partial charge < -0.3 is 14.7 Å². The topological polar surface area (TPSA) is 32.7 Å². The minimum atomic E-state index is 0.252. The molecular weight excluding hydrogens is 214 g/mol. The van der Waals surface area contributed by atoms with Crippen LogP contribution in [0.2, 0.25) is 0 Å². The van der Waals surface area contributed by atoms with Crippen molar-refractivity contribution >= 4 is 0 Å². The molecule has 3 heteroatoms. The van der Waals surface area contributed by atoms with Crippen molar-refractivity contribution in [1.82, 2.24) is 4.90 Å². The smallest absolute Gasteiger partial charge is 0.122 e. The Morgan fingerprint density at radius 3 is 2.71 bits per heavy atom. The molecule has 0 aromatic heterocycles. The van der Waals surface area contributed by atoms with Crippen LogP contribution in [0.5, 0.6) is 5.75 Å². The summed E-state index contributed by atoms with van der Waals surface area (Å²) in [5, 5.41) is 8.73. The van der Waals surface area contributed by atoms with Gasteiger partial charge in [-0.25, -0.2) is 0 Å². The zero-order valence-electron chi connectivity index (χ0n) is 11.1. The minimum absolute atomic E-state index is 0.252. The largest absolute Gasteiger partial charge is 0.492 e. The van der Waals surface area contributed by atoms with Crippen molar-refractivity contribution in [3.8, 4) is 5.75 Å². The molecule has 0 saturated heterocycles. The Balaban J connectivity index is 2.32. The van der Waals surface area contributed by atoms with Gasteiger partial charge in [0, 0.05) is 19.7 Å². The molecule has 0 aliphatic heterocycles. The van der Waals surface area contributed by atoms with E-state index in [9.17, 15) is 0 Å². The number of likely N-dealkylation sites (N-methyl/N-ethyl adjacent to an activating group) is 1. The van der Waals surface area contributed by atoms with Crippen LogP contribution < -0.4 is 4.74 Å². The molecule has 17 heavy (non-hydrogen) atoms. The van der Waals surface area contributed by atoms with Gasteiger partial charge in [0.2, 0.25) is 0 Å². The Morgan fingerprint density at radius 2 is 2.00 bits per heavy atom. The molecule has 0 heterocycles. The lowest BCUT2D eigenvalue weighted by atomic mass is 10.1. The summed E-state index contributed by atoms with van der Waals surface area (Å²) in [5.41, 5.74) is 2.40. The Bertz CT molecular complexity index is 339. The van der Waals surface area contributed by atoms with Gasteiger partial charge in [-0.05, 0) is 44.5 Å². The molecule has 0 spiro atoms. The van der Waals surface area contributed by atoms with Gasteiger partial charge in [0.25, 0.3) is 0 Å². The van der Waals surface area contributed by atoms with Crippen LogP contribution in [-0.4, -0.2) is 43.4 Å². The van der Waals surface area contributed by atoms with Crippen LogP contribution in [-0.2, 0) is 0 Å². The van der Waals surface area contributed by atoms with Gasteiger partial charge in [0.1, 0.15) is 12.4 Å². The first-order valence-corrected chi connectivity index (χ1v) is 6.13. The van der Waals surface area contributed by atoms with Crippen LogP contribution in [0.15, 0.2) is 18.2 Å². The Labute approximate surface area is 104 Å². The quantitative estimate of drug-likeness (QED) is 0.787. The summed E-state index contributed by atoms with van der Waals surface area (Å²) in [5.74, 6) is 0.973. The zero-order valence-corrected chi connectivity index (χ0v) is 11.1. The first-order valence-electron chi connectivity index (χ1n) is 6.13. The predicted molar refractivity (Wildman–Crippen MR) is 70.6 cm³/mol. The zero-order chi connectivity index (χ0) is 12.7.